The Morgan fingerprint density at radius 2 is 1.73 bits per heavy atom. The van der Waals surface area contributed by atoms with Gasteiger partial charge in [-0.1, -0.05) is 41.4 Å². The summed E-state index contributed by atoms with van der Waals surface area (Å²) in [5, 5.41) is 11.5. The zero-order valence-electron chi connectivity index (χ0n) is 14.2. The Morgan fingerprint density at radius 1 is 1.12 bits per heavy atom. The van der Waals surface area contributed by atoms with Crippen LogP contribution in [0.5, 0.6) is 0 Å². The van der Waals surface area contributed by atoms with E-state index < -0.39 is 22.9 Å². The molecule has 0 bridgehead atoms. The number of aliphatic hydroxyl groups is 1. The molecule has 2 aromatic carbocycles. The summed E-state index contributed by atoms with van der Waals surface area (Å²) in [5.41, 5.74) is -0.0417. The fourth-order valence-corrected chi connectivity index (χ4v) is 3.52. The van der Waals surface area contributed by atoms with Crippen molar-refractivity contribution >= 4 is 40.7 Å². The second-order valence-corrected chi connectivity index (χ2v) is 6.97. The van der Waals surface area contributed by atoms with Crippen LogP contribution < -0.4 is 0 Å². The first kappa shape index (κ1) is 18.5. The van der Waals surface area contributed by atoms with Crippen LogP contribution in [0.1, 0.15) is 30.5 Å². The Kier molecular flexibility index (Phi) is 4.82. The van der Waals surface area contributed by atoms with Crippen molar-refractivity contribution in [3.63, 3.8) is 0 Å². The third-order valence-electron chi connectivity index (χ3n) is 4.59. The van der Waals surface area contributed by atoms with Crippen molar-refractivity contribution in [3.8, 4) is 0 Å². The molecule has 0 fully saturated rings. The van der Waals surface area contributed by atoms with Crippen molar-refractivity contribution in [2.75, 3.05) is 6.61 Å². The number of benzene rings is 2. The Hall–Kier alpha value is -2.30. The summed E-state index contributed by atoms with van der Waals surface area (Å²) in [7, 11) is 0. The number of ketones is 1. The molecule has 0 aromatic heterocycles. The van der Waals surface area contributed by atoms with Gasteiger partial charge in [0.15, 0.2) is 5.78 Å². The summed E-state index contributed by atoms with van der Waals surface area (Å²) >= 11 is 12.0. The first-order valence-corrected chi connectivity index (χ1v) is 8.78. The van der Waals surface area contributed by atoms with Gasteiger partial charge in [-0.2, -0.15) is 0 Å². The van der Waals surface area contributed by atoms with Gasteiger partial charge in [0.1, 0.15) is 11.3 Å². The van der Waals surface area contributed by atoms with E-state index in [4.69, 9.17) is 27.9 Å². The highest BCUT2D eigenvalue weighted by Gasteiger charge is 2.48. The molecule has 1 aliphatic rings. The molecular formula is C20H16Cl2O4. The lowest BCUT2D eigenvalue weighted by atomic mass is 9.66. The maximum atomic E-state index is 13.3. The Labute approximate surface area is 161 Å². The van der Waals surface area contributed by atoms with E-state index in [0.29, 0.717) is 26.7 Å². The van der Waals surface area contributed by atoms with Crippen LogP contribution in [-0.2, 0) is 19.7 Å². The van der Waals surface area contributed by atoms with Gasteiger partial charge in [0.25, 0.3) is 0 Å². The first-order valence-electron chi connectivity index (χ1n) is 8.02. The summed E-state index contributed by atoms with van der Waals surface area (Å²) in [4.78, 5) is 25.7. The van der Waals surface area contributed by atoms with E-state index in [-0.39, 0.29) is 12.2 Å². The van der Waals surface area contributed by atoms with E-state index in [2.05, 4.69) is 0 Å². The Balaban J connectivity index is 2.32. The van der Waals surface area contributed by atoms with E-state index in [1.165, 1.54) is 6.07 Å². The Bertz CT molecular complexity index is 931. The van der Waals surface area contributed by atoms with Crippen LogP contribution in [0.25, 0.3) is 5.76 Å². The molecule has 3 rings (SSSR count). The van der Waals surface area contributed by atoms with Crippen molar-refractivity contribution in [1.82, 2.24) is 0 Å². The molecule has 4 nitrogen and oxygen atoms in total. The van der Waals surface area contributed by atoms with Crippen molar-refractivity contribution < 1.29 is 19.4 Å². The number of hydrogen-bond acceptors (Lipinski definition) is 4. The van der Waals surface area contributed by atoms with Crippen LogP contribution in [0.2, 0.25) is 10.0 Å². The highest BCUT2D eigenvalue weighted by molar-refractivity contribution is 6.32. The molecule has 6 heteroatoms. The second kappa shape index (κ2) is 6.78. The minimum atomic E-state index is -1.20. The highest BCUT2D eigenvalue weighted by atomic mass is 35.5. The van der Waals surface area contributed by atoms with Crippen LogP contribution in [0.4, 0.5) is 0 Å². The maximum absolute atomic E-state index is 13.3. The molecule has 1 atom stereocenters. The molecule has 134 valence electrons. The summed E-state index contributed by atoms with van der Waals surface area (Å²) in [6.07, 6.45) is 0. The van der Waals surface area contributed by atoms with E-state index in [0.717, 1.165) is 0 Å². The van der Waals surface area contributed by atoms with Gasteiger partial charge >= 0.3 is 5.97 Å². The molecule has 26 heavy (non-hydrogen) atoms. The standard InChI is InChI=1S/C20H16Cl2O4/c1-3-26-19(25)16-17(23)14-10-13(22)8-9-15(14)20(2,18(16)24)11-4-6-12(21)7-5-11/h4-10,23H,3H2,1-2H3. The molecule has 1 aliphatic carbocycles. The molecule has 0 radical (unpaired) electrons. The van der Waals surface area contributed by atoms with Crippen LogP contribution >= 0.6 is 23.2 Å². The minimum absolute atomic E-state index is 0.0863. The average Bonchev–Trinajstić information content (AvgIpc) is 2.61. The second-order valence-electron chi connectivity index (χ2n) is 6.09. The van der Waals surface area contributed by atoms with Crippen molar-refractivity contribution in [2.45, 2.75) is 19.3 Å². The zero-order chi connectivity index (χ0) is 19.1. The lowest BCUT2D eigenvalue weighted by Crippen LogP contribution is -2.41. The van der Waals surface area contributed by atoms with Crippen LogP contribution in [-0.4, -0.2) is 23.5 Å². The van der Waals surface area contributed by atoms with Gasteiger partial charge in [-0.05, 0) is 49.2 Å². The number of ether oxygens (including phenoxy) is 1. The number of halogens is 2. The lowest BCUT2D eigenvalue weighted by Gasteiger charge is -2.35. The number of Topliss-reactive ketones (excluding diaryl/α,β-unsaturated/α-hetero) is 1. The molecule has 2 aromatic rings. The quantitative estimate of drug-likeness (QED) is 0.608. The highest BCUT2D eigenvalue weighted by Crippen LogP contribution is 2.45. The van der Waals surface area contributed by atoms with Gasteiger partial charge in [0.05, 0.1) is 12.0 Å². The number of hydrogen-bond donors (Lipinski definition) is 1. The number of carbonyl (C=O) groups is 2. The molecule has 0 heterocycles. The van der Waals surface area contributed by atoms with E-state index in [1.54, 1.807) is 50.2 Å². The van der Waals surface area contributed by atoms with Gasteiger partial charge in [-0.25, -0.2) is 4.79 Å². The fourth-order valence-electron chi connectivity index (χ4n) is 3.23. The van der Waals surface area contributed by atoms with Gasteiger partial charge in [0.2, 0.25) is 0 Å². The fraction of sp³-hybridized carbons (Fsp3) is 0.200. The molecule has 0 saturated heterocycles. The number of fused-ring (bicyclic) bond motifs is 1. The smallest absolute Gasteiger partial charge is 0.345 e. The summed E-state index contributed by atoms with van der Waals surface area (Å²) in [6.45, 7) is 3.42. The third-order valence-corrected chi connectivity index (χ3v) is 5.08. The third kappa shape index (κ3) is 2.79. The largest absolute Gasteiger partial charge is 0.506 e. The van der Waals surface area contributed by atoms with Crippen LogP contribution in [0.3, 0.4) is 0 Å². The number of carbonyl (C=O) groups excluding carboxylic acids is 2. The first-order chi connectivity index (χ1) is 12.3. The monoisotopic (exact) mass is 390 g/mol. The van der Waals surface area contributed by atoms with E-state index >= 15 is 0 Å². The van der Waals surface area contributed by atoms with Gasteiger partial charge in [-0.3, -0.25) is 4.79 Å². The summed E-state index contributed by atoms with van der Waals surface area (Å²) in [5.74, 6) is -1.82. The Morgan fingerprint density at radius 3 is 2.35 bits per heavy atom. The molecule has 0 amide bonds. The molecule has 0 aliphatic heterocycles. The molecule has 0 saturated carbocycles. The van der Waals surface area contributed by atoms with Gasteiger partial charge in [0, 0.05) is 15.6 Å². The number of rotatable bonds is 3. The normalized spacial score (nSPS) is 19.3. The molecule has 1 N–H and O–H groups in total. The average molecular weight is 391 g/mol. The van der Waals surface area contributed by atoms with Crippen molar-refractivity contribution in [3.05, 3.63) is 74.8 Å². The topological polar surface area (TPSA) is 63.6 Å². The SMILES string of the molecule is CCOC(=O)C1=C(O)c2cc(Cl)ccc2C(C)(c2ccc(Cl)cc2)C1=O. The van der Waals surface area contributed by atoms with Gasteiger partial charge in [-0.15, -0.1) is 0 Å². The molecule has 1 unspecified atom stereocenters. The van der Waals surface area contributed by atoms with Gasteiger partial charge < -0.3 is 9.84 Å². The predicted molar refractivity (Wildman–Crippen MR) is 101 cm³/mol. The van der Waals surface area contributed by atoms with E-state index in [1.807, 2.05) is 0 Å². The molecular weight excluding hydrogens is 375 g/mol. The van der Waals surface area contributed by atoms with Crippen molar-refractivity contribution in [1.29, 1.82) is 0 Å². The predicted octanol–water partition coefficient (Wildman–Crippen LogP) is 4.71. The number of esters is 1. The number of aliphatic hydroxyl groups excluding tert-OH is 1. The van der Waals surface area contributed by atoms with Crippen molar-refractivity contribution in [2.24, 2.45) is 0 Å². The molecule has 0 spiro atoms. The van der Waals surface area contributed by atoms with Crippen LogP contribution in [0.15, 0.2) is 48.0 Å². The van der Waals surface area contributed by atoms with Crippen LogP contribution in [0, 0.1) is 0 Å². The lowest BCUT2D eigenvalue weighted by molar-refractivity contribution is -0.140. The maximum Gasteiger partial charge on any atom is 0.345 e. The zero-order valence-corrected chi connectivity index (χ0v) is 15.7. The summed E-state index contributed by atoms with van der Waals surface area (Å²) < 4.78 is 4.98. The minimum Gasteiger partial charge on any atom is -0.506 e. The summed E-state index contributed by atoms with van der Waals surface area (Å²) in [6, 6.07) is 11.7. The van der Waals surface area contributed by atoms with E-state index in [9.17, 15) is 14.7 Å².